The lowest BCUT2D eigenvalue weighted by molar-refractivity contribution is -0.272. The van der Waals surface area contributed by atoms with Crippen molar-refractivity contribution in [2.24, 2.45) is 5.92 Å². The van der Waals surface area contributed by atoms with E-state index in [2.05, 4.69) is 5.32 Å². The molecule has 32 heavy (non-hydrogen) atoms. The van der Waals surface area contributed by atoms with E-state index in [9.17, 15) is 20.1 Å². The molecule has 1 aliphatic heterocycles. The Hall–Kier alpha value is -0.880. The second-order valence-electron chi connectivity index (χ2n) is 7.51. The molecule has 1 aromatic rings. The van der Waals surface area contributed by atoms with Gasteiger partial charge in [-0.3, -0.25) is 0 Å². The molecule has 0 bridgehead atoms. The van der Waals surface area contributed by atoms with E-state index >= 15 is 0 Å². The number of ether oxygens (including phenoxy) is 4. The Morgan fingerprint density at radius 2 is 1.88 bits per heavy atom. The zero-order valence-electron chi connectivity index (χ0n) is 17.4. The fourth-order valence-electron chi connectivity index (χ4n) is 2.96. The van der Waals surface area contributed by atoms with Gasteiger partial charge in [-0.15, -0.1) is 0 Å². The normalized spacial score (nSPS) is 27.0. The third-order valence-corrected chi connectivity index (χ3v) is 4.92. The Balaban J connectivity index is 1.89. The molecular formula is C20H28Cl3NO8. The Morgan fingerprint density at radius 3 is 2.50 bits per heavy atom. The average Bonchev–Trinajstić information content (AvgIpc) is 2.75. The van der Waals surface area contributed by atoms with Gasteiger partial charge in [0.15, 0.2) is 6.29 Å². The smallest absolute Gasteiger partial charge is 0.407 e. The Kier molecular flexibility index (Phi) is 11.2. The summed E-state index contributed by atoms with van der Waals surface area (Å²) < 4.78 is 19.9. The third kappa shape index (κ3) is 9.17. The topological polar surface area (TPSA) is 127 Å². The summed E-state index contributed by atoms with van der Waals surface area (Å²) in [5, 5.41) is 32.3. The third-order valence-electron chi connectivity index (χ3n) is 4.59. The van der Waals surface area contributed by atoms with Crippen LogP contribution in [0.3, 0.4) is 0 Å². The monoisotopic (exact) mass is 515 g/mol. The van der Waals surface area contributed by atoms with Crippen molar-refractivity contribution >= 4 is 40.9 Å². The molecule has 1 heterocycles. The van der Waals surface area contributed by atoms with Crippen LogP contribution in [0.1, 0.15) is 12.5 Å². The van der Waals surface area contributed by atoms with E-state index < -0.39 is 53.7 Å². The van der Waals surface area contributed by atoms with Gasteiger partial charge in [-0.1, -0.05) is 72.1 Å². The van der Waals surface area contributed by atoms with E-state index in [1.54, 1.807) is 0 Å². The number of aliphatic hydroxyl groups excluding tert-OH is 3. The van der Waals surface area contributed by atoms with E-state index in [0.717, 1.165) is 5.56 Å². The largest absolute Gasteiger partial charge is 0.445 e. The minimum Gasteiger partial charge on any atom is -0.445 e. The maximum absolute atomic E-state index is 12.0. The first kappa shape index (κ1) is 27.4. The van der Waals surface area contributed by atoms with Crippen LogP contribution in [0.15, 0.2) is 30.3 Å². The van der Waals surface area contributed by atoms with Crippen LogP contribution < -0.4 is 5.32 Å². The maximum atomic E-state index is 12.0. The molecule has 6 atom stereocenters. The second kappa shape index (κ2) is 13.1. The molecule has 182 valence electrons. The van der Waals surface area contributed by atoms with Crippen molar-refractivity contribution in [3.05, 3.63) is 35.9 Å². The number of rotatable bonds is 10. The van der Waals surface area contributed by atoms with Gasteiger partial charge in [0.25, 0.3) is 0 Å². The Bertz CT molecular complexity index is 693. The van der Waals surface area contributed by atoms with Crippen molar-refractivity contribution in [3.63, 3.8) is 0 Å². The molecule has 1 aromatic carbocycles. The predicted octanol–water partition coefficient (Wildman–Crippen LogP) is 1.76. The number of halogens is 3. The van der Waals surface area contributed by atoms with E-state index in [4.69, 9.17) is 53.8 Å². The fourth-order valence-corrected chi connectivity index (χ4v) is 3.13. The zero-order chi connectivity index (χ0) is 23.7. The first-order chi connectivity index (χ1) is 15.1. The Morgan fingerprint density at radius 1 is 1.19 bits per heavy atom. The molecule has 2 rings (SSSR count). The van der Waals surface area contributed by atoms with Crippen LogP contribution in [0.4, 0.5) is 4.79 Å². The molecule has 4 N–H and O–H groups in total. The molecule has 1 saturated heterocycles. The van der Waals surface area contributed by atoms with Crippen molar-refractivity contribution in [1.29, 1.82) is 0 Å². The number of amides is 1. The minimum atomic E-state index is -1.81. The van der Waals surface area contributed by atoms with E-state index in [-0.39, 0.29) is 12.5 Å². The van der Waals surface area contributed by atoms with Gasteiger partial charge in [0, 0.05) is 5.92 Å². The number of nitrogens with one attached hydrogen (secondary N) is 1. The minimum absolute atomic E-state index is 0.0594. The van der Waals surface area contributed by atoms with Crippen molar-refractivity contribution in [2.75, 3.05) is 26.4 Å². The van der Waals surface area contributed by atoms with Gasteiger partial charge in [-0.25, -0.2) is 4.79 Å². The van der Waals surface area contributed by atoms with E-state index in [0.29, 0.717) is 13.2 Å². The summed E-state index contributed by atoms with van der Waals surface area (Å²) in [5.74, 6) is -0.0594. The van der Waals surface area contributed by atoms with Crippen LogP contribution in [0.2, 0.25) is 0 Å². The highest BCUT2D eigenvalue weighted by Crippen LogP contribution is 2.26. The highest BCUT2D eigenvalue weighted by Gasteiger charge is 2.46. The summed E-state index contributed by atoms with van der Waals surface area (Å²) >= 11 is 16.7. The van der Waals surface area contributed by atoms with Gasteiger partial charge in [0.05, 0.1) is 26.4 Å². The van der Waals surface area contributed by atoms with Crippen LogP contribution in [0.5, 0.6) is 0 Å². The van der Waals surface area contributed by atoms with Gasteiger partial charge in [0.1, 0.15) is 31.0 Å². The summed E-state index contributed by atoms with van der Waals surface area (Å²) in [4.78, 5) is 12.0. The number of alkyl halides is 3. The van der Waals surface area contributed by atoms with E-state index in [1.165, 1.54) is 0 Å². The van der Waals surface area contributed by atoms with Crippen LogP contribution in [-0.2, 0) is 25.6 Å². The van der Waals surface area contributed by atoms with Crippen molar-refractivity contribution < 1.29 is 39.1 Å². The number of carbonyl (C=O) groups is 1. The second-order valence-corrected chi connectivity index (χ2v) is 10.0. The highest BCUT2D eigenvalue weighted by molar-refractivity contribution is 6.67. The number of benzene rings is 1. The summed E-state index contributed by atoms with van der Waals surface area (Å²) in [5.41, 5.74) is 1.04. The number of hydrogen-bond donors (Lipinski definition) is 4. The first-order valence-corrected chi connectivity index (χ1v) is 11.1. The molecule has 0 aliphatic carbocycles. The summed E-state index contributed by atoms with van der Waals surface area (Å²) in [6, 6.07) is 8.48. The maximum Gasteiger partial charge on any atom is 0.407 e. The summed E-state index contributed by atoms with van der Waals surface area (Å²) in [6.45, 7) is 1.79. The standard InChI is InChI=1S/C20H28Cl3NO8/c1-12(8-29-10-13-5-3-2-4-6-13)9-30-18-15(17(27)16(26)14(7-25)32-18)24-19(28)31-11-20(21,22)23/h2-6,12,14-18,25-27H,7-11H2,1H3,(H,24,28)/t12?,14?,15?,16-,17-,18-/m1/s1. The molecule has 0 radical (unpaired) electrons. The SMILES string of the molecule is CC(COCc1ccccc1)CO[C@@H]1OC(CO)[C@@H](O)[C@H](O)C1NC(=O)OCC(Cl)(Cl)Cl. The molecule has 0 saturated carbocycles. The van der Waals surface area contributed by atoms with Gasteiger partial charge in [0.2, 0.25) is 3.79 Å². The average molecular weight is 517 g/mol. The summed E-state index contributed by atoms with van der Waals surface area (Å²) in [6.07, 6.45) is -6.26. The number of alkyl carbamates (subject to hydrolysis) is 1. The van der Waals surface area contributed by atoms with Gasteiger partial charge in [-0.2, -0.15) is 0 Å². The van der Waals surface area contributed by atoms with Crippen molar-refractivity contribution in [2.45, 2.75) is 48.0 Å². The first-order valence-electron chi connectivity index (χ1n) is 9.96. The van der Waals surface area contributed by atoms with Crippen LogP contribution >= 0.6 is 34.8 Å². The number of carbonyl (C=O) groups excluding carboxylic acids is 1. The van der Waals surface area contributed by atoms with Gasteiger partial charge >= 0.3 is 6.09 Å². The van der Waals surface area contributed by atoms with Crippen LogP contribution in [0, 0.1) is 5.92 Å². The molecule has 1 aliphatic rings. The van der Waals surface area contributed by atoms with E-state index in [1.807, 2.05) is 37.3 Å². The molecule has 0 aromatic heterocycles. The molecular weight excluding hydrogens is 489 g/mol. The summed E-state index contributed by atoms with van der Waals surface area (Å²) in [7, 11) is 0. The predicted molar refractivity (Wildman–Crippen MR) is 118 cm³/mol. The Labute approximate surface area is 201 Å². The van der Waals surface area contributed by atoms with Gasteiger partial charge in [-0.05, 0) is 5.56 Å². The molecule has 1 fully saturated rings. The molecule has 0 spiro atoms. The lowest BCUT2D eigenvalue weighted by Gasteiger charge is -2.42. The lowest BCUT2D eigenvalue weighted by Crippen LogP contribution is -2.65. The van der Waals surface area contributed by atoms with Crippen LogP contribution in [0.25, 0.3) is 0 Å². The number of aliphatic hydroxyl groups is 3. The molecule has 12 heteroatoms. The molecule has 9 nitrogen and oxygen atoms in total. The lowest BCUT2D eigenvalue weighted by atomic mass is 9.97. The highest BCUT2D eigenvalue weighted by atomic mass is 35.6. The quantitative estimate of drug-likeness (QED) is 0.347. The number of hydrogen-bond acceptors (Lipinski definition) is 8. The molecule has 3 unspecified atom stereocenters. The van der Waals surface area contributed by atoms with Crippen LogP contribution in [-0.4, -0.2) is 82.3 Å². The van der Waals surface area contributed by atoms with Gasteiger partial charge < -0.3 is 39.6 Å². The fraction of sp³-hybridized carbons (Fsp3) is 0.650. The molecule has 1 amide bonds. The zero-order valence-corrected chi connectivity index (χ0v) is 19.7. The van der Waals surface area contributed by atoms with Crippen molar-refractivity contribution in [1.82, 2.24) is 5.32 Å². The van der Waals surface area contributed by atoms with Crippen molar-refractivity contribution in [3.8, 4) is 0 Å².